The predicted octanol–water partition coefficient (Wildman–Crippen LogP) is 2.38. The fraction of sp³-hybridized carbons (Fsp3) is 0.250. The molecule has 0 saturated carbocycles. The van der Waals surface area contributed by atoms with Crippen LogP contribution in [0.4, 0.5) is 0 Å². The highest BCUT2D eigenvalue weighted by atomic mass is 32.2. The molecule has 1 atom stereocenters. The Hall–Kier alpha value is -1.85. The van der Waals surface area contributed by atoms with Gasteiger partial charge in [-0.2, -0.15) is 0 Å². The molecule has 1 unspecified atom stereocenters. The quantitative estimate of drug-likeness (QED) is 0.921. The molecule has 2 rings (SSSR count). The standard InChI is InChI=1S/C16H18O4S/c1-16(17,13-6-4-3-5-7-13)12-20-14-8-10-15(11-9-14)21(2,18)19/h3-11,17H,12H2,1-2H3. The van der Waals surface area contributed by atoms with E-state index in [1.54, 1.807) is 19.1 Å². The van der Waals surface area contributed by atoms with Crippen molar-refractivity contribution >= 4 is 9.84 Å². The zero-order valence-electron chi connectivity index (χ0n) is 12.0. The van der Waals surface area contributed by atoms with Crippen LogP contribution in [-0.4, -0.2) is 26.4 Å². The van der Waals surface area contributed by atoms with Gasteiger partial charge in [-0.15, -0.1) is 0 Å². The van der Waals surface area contributed by atoms with Crippen LogP contribution in [0, 0.1) is 0 Å². The zero-order chi connectivity index (χ0) is 15.5. The van der Waals surface area contributed by atoms with E-state index in [2.05, 4.69) is 0 Å². The van der Waals surface area contributed by atoms with E-state index < -0.39 is 15.4 Å². The van der Waals surface area contributed by atoms with Crippen LogP contribution in [0.15, 0.2) is 59.5 Å². The zero-order valence-corrected chi connectivity index (χ0v) is 12.8. The summed E-state index contributed by atoms with van der Waals surface area (Å²) in [6.07, 6.45) is 1.16. The van der Waals surface area contributed by atoms with Crippen molar-refractivity contribution in [3.8, 4) is 5.75 Å². The molecule has 0 aliphatic rings. The molecule has 0 heterocycles. The van der Waals surface area contributed by atoms with Gasteiger partial charge in [-0.25, -0.2) is 8.42 Å². The number of aliphatic hydroxyl groups is 1. The lowest BCUT2D eigenvalue weighted by Gasteiger charge is -2.24. The molecule has 0 bridgehead atoms. The first kappa shape index (κ1) is 15.5. The molecular weight excluding hydrogens is 288 g/mol. The van der Waals surface area contributed by atoms with Gasteiger partial charge in [-0.3, -0.25) is 0 Å². The van der Waals surface area contributed by atoms with Gasteiger partial charge < -0.3 is 9.84 Å². The monoisotopic (exact) mass is 306 g/mol. The predicted molar refractivity (Wildman–Crippen MR) is 81.1 cm³/mol. The van der Waals surface area contributed by atoms with Crippen molar-refractivity contribution in [2.45, 2.75) is 17.4 Å². The Morgan fingerprint density at radius 2 is 1.62 bits per heavy atom. The minimum Gasteiger partial charge on any atom is -0.490 e. The Kier molecular flexibility index (Phi) is 4.34. The molecule has 112 valence electrons. The lowest BCUT2D eigenvalue weighted by molar-refractivity contribution is 0.00758. The normalized spacial score (nSPS) is 14.4. The van der Waals surface area contributed by atoms with E-state index in [4.69, 9.17) is 4.74 Å². The minimum atomic E-state index is -3.21. The van der Waals surface area contributed by atoms with Gasteiger partial charge in [-0.1, -0.05) is 30.3 Å². The van der Waals surface area contributed by atoms with Gasteiger partial charge in [0.1, 0.15) is 18.0 Å². The SMILES string of the molecule is CC(O)(COc1ccc(S(C)(=O)=O)cc1)c1ccccc1. The van der Waals surface area contributed by atoms with E-state index in [-0.39, 0.29) is 11.5 Å². The Morgan fingerprint density at radius 1 is 1.05 bits per heavy atom. The van der Waals surface area contributed by atoms with E-state index >= 15 is 0 Å². The molecule has 1 N–H and O–H groups in total. The summed E-state index contributed by atoms with van der Waals surface area (Å²) in [4.78, 5) is 0.240. The lowest BCUT2D eigenvalue weighted by atomic mass is 9.97. The van der Waals surface area contributed by atoms with E-state index in [0.717, 1.165) is 11.8 Å². The van der Waals surface area contributed by atoms with Gasteiger partial charge in [0.2, 0.25) is 0 Å². The molecule has 0 aliphatic carbocycles. The van der Waals surface area contributed by atoms with Gasteiger partial charge >= 0.3 is 0 Å². The molecule has 0 fully saturated rings. The average Bonchev–Trinajstić information content (AvgIpc) is 2.46. The number of benzene rings is 2. The topological polar surface area (TPSA) is 63.6 Å². The molecule has 2 aromatic rings. The van der Waals surface area contributed by atoms with E-state index in [0.29, 0.717) is 5.75 Å². The highest BCUT2D eigenvalue weighted by molar-refractivity contribution is 7.90. The second kappa shape index (κ2) is 5.87. The lowest BCUT2D eigenvalue weighted by Crippen LogP contribution is -2.29. The van der Waals surface area contributed by atoms with Crippen molar-refractivity contribution in [2.24, 2.45) is 0 Å². The molecule has 5 heteroatoms. The number of ether oxygens (including phenoxy) is 1. The molecule has 0 aromatic heterocycles. The van der Waals surface area contributed by atoms with Gasteiger partial charge in [0.25, 0.3) is 0 Å². The second-order valence-corrected chi connectivity index (χ2v) is 7.19. The maximum atomic E-state index is 11.4. The van der Waals surface area contributed by atoms with Crippen molar-refractivity contribution < 1.29 is 18.3 Å². The van der Waals surface area contributed by atoms with Crippen LogP contribution in [0.2, 0.25) is 0 Å². The van der Waals surface area contributed by atoms with Crippen LogP contribution in [-0.2, 0) is 15.4 Å². The Morgan fingerprint density at radius 3 is 2.14 bits per heavy atom. The first-order valence-corrected chi connectivity index (χ1v) is 8.39. The molecular formula is C16H18O4S. The van der Waals surface area contributed by atoms with Crippen LogP contribution in [0.3, 0.4) is 0 Å². The summed E-state index contributed by atoms with van der Waals surface area (Å²) in [5.74, 6) is 0.513. The second-order valence-electron chi connectivity index (χ2n) is 5.17. The number of sulfone groups is 1. The Bertz CT molecular complexity index is 689. The van der Waals surface area contributed by atoms with Crippen molar-refractivity contribution in [1.82, 2.24) is 0 Å². The van der Waals surface area contributed by atoms with Gasteiger partial charge in [0.15, 0.2) is 9.84 Å². The van der Waals surface area contributed by atoms with Crippen LogP contribution in [0.5, 0.6) is 5.75 Å². The summed E-state index contributed by atoms with van der Waals surface area (Å²) in [7, 11) is -3.21. The van der Waals surface area contributed by atoms with Crippen molar-refractivity contribution in [3.05, 3.63) is 60.2 Å². The van der Waals surface area contributed by atoms with E-state index in [9.17, 15) is 13.5 Å². The van der Waals surface area contributed by atoms with Gasteiger partial charge in [0, 0.05) is 6.26 Å². The third-order valence-corrected chi connectivity index (χ3v) is 4.30. The van der Waals surface area contributed by atoms with E-state index in [1.165, 1.54) is 12.1 Å². The molecule has 4 nitrogen and oxygen atoms in total. The first-order valence-electron chi connectivity index (χ1n) is 6.50. The summed E-state index contributed by atoms with van der Waals surface area (Å²) >= 11 is 0. The summed E-state index contributed by atoms with van der Waals surface area (Å²) in [6.45, 7) is 1.75. The fourth-order valence-corrected chi connectivity index (χ4v) is 2.52. The third-order valence-electron chi connectivity index (χ3n) is 3.17. The summed E-state index contributed by atoms with van der Waals surface area (Å²) in [6, 6.07) is 15.4. The van der Waals surface area contributed by atoms with Crippen LogP contribution < -0.4 is 4.74 Å². The van der Waals surface area contributed by atoms with Crippen LogP contribution >= 0.6 is 0 Å². The molecule has 21 heavy (non-hydrogen) atoms. The maximum absolute atomic E-state index is 11.4. The molecule has 0 radical (unpaired) electrons. The molecule has 0 aliphatic heterocycles. The van der Waals surface area contributed by atoms with E-state index in [1.807, 2.05) is 30.3 Å². The Balaban J connectivity index is 2.06. The maximum Gasteiger partial charge on any atom is 0.175 e. The van der Waals surface area contributed by atoms with Crippen molar-refractivity contribution in [1.29, 1.82) is 0 Å². The third kappa shape index (κ3) is 4.06. The average molecular weight is 306 g/mol. The van der Waals surface area contributed by atoms with Crippen LogP contribution in [0.25, 0.3) is 0 Å². The van der Waals surface area contributed by atoms with Gasteiger partial charge in [-0.05, 0) is 36.8 Å². The first-order chi connectivity index (χ1) is 9.79. The molecule has 2 aromatic carbocycles. The van der Waals surface area contributed by atoms with Crippen molar-refractivity contribution in [3.63, 3.8) is 0 Å². The van der Waals surface area contributed by atoms with Gasteiger partial charge in [0.05, 0.1) is 4.90 Å². The summed E-state index contributed by atoms with van der Waals surface area (Å²) in [5.41, 5.74) is -0.353. The highest BCUT2D eigenvalue weighted by Gasteiger charge is 2.23. The smallest absolute Gasteiger partial charge is 0.175 e. The molecule has 0 amide bonds. The number of hydrogen-bond acceptors (Lipinski definition) is 4. The Labute approximate surface area is 124 Å². The molecule has 0 saturated heterocycles. The highest BCUT2D eigenvalue weighted by Crippen LogP contribution is 2.23. The molecule has 0 spiro atoms. The summed E-state index contributed by atoms with van der Waals surface area (Å²) < 4.78 is 28.3. The fourth-order valence-electron chi connectivity index (χ4n) is 1.89. The number of rotatable bonds is 5. The van der Waals surface area contributed by atoms with Crippen molar-refractivity contribution in [2.75, 3.05) is 12.9 Å². The number of hydrogen-bond donors (Lipinski definition) is 1. The minimum absolute atomic E-state index is 0.0786. The van der Waals surface area contributed by atoms with Crippen LogP contribution in [0.1, 0.15) is 12.5 Å². The summed E-state index contributed by atoms with van der Waals surface area (Å²) in [5, 5.41) is 10.4. The largest absolute Gasteiger partial charge is 0.490 e.